The van der Waals surface area contributed by atoms with Crippen molar-refractivity contribution in [1.82, 2.24) is 10.2 Å². The molecule has 0 aliphatic carbocycles. The maximum Gasteiger partial charge on any atom is 0.210 e. The lowest BCUT2D eigenvalue weighted by atomic mass is 10.2. The third-order valence-electron chi connectivity index (χ3n) is 2.55. The minimum Gasteiger partial charge on any atom is -0.330 e. The molecule has 3 rings (SSSR count). The van der Waals surface area contributed by atoms with Gasteiger partial charge in [-0.15, -0.1) is 10.2 Å². The van der Waals surface area contributed by atoms with Crippen molar-refractivity contribution in [2.24, 2.45) is 0 Å². The van der Waals surface area contributed by atoms with E-state index in [1.807, 2.05) is 54.6 Å². The van der Waals surface area contributed by atoms with Gasteiger partial charge in [-0.1, -0.05) is 59.3 Å². The number of nitrogens with one attached hydrogen (secondary N) is 1. The van der Waals surface area contributed by atoms with E-state index >= 15 is 0 Å². The second kappa shape index (κ2) is 5.38. The molecule has 0 amide bonds. The fourth-order valence-corrected chi connectivity index (χ4v) is 2.75. The minimum absolute atomic E-state index is 0.685. The van der Waals surface area contributed by atoms with E-state index < -0.39 is 0 Å². The van der Waals surface area contributed by atoms with Crippen LogP contribution in [0.3, 0.4) is 0 Å². The molecular formula is C14H10ClN3S. The Balaban J connectivity index is 1.86. The SMILES string of the molecule is Clc1ccccc1-c1nnc(Nc2ccccc2)s1. The largest absolute Gasteiger partial charge is 0.330 e. The van der Waals surface area contributed by atoms with Crippen LogP contribution < -0.4 is 5.32 Å². The van der Waals surface area contributed by atoms with Crippen LogP contribution in [0.4, 0.5) is 10.8 Å². The summed E-state index contributed by atoms with van der Waals surface area (Å²) in [7, 11) is 0. The molecule has 19 heavy (non-hydrogen) atoms. The summed E-state index contributed by atoms with van der Waals surface area (Å²) < 4.78 is 0. The molecule has 0 atom stereocenters. The molecular weight excluding hydrogens is 278 g/mol. The Kier molecular flexibility index (Phi) is 3.44. The van der Waals surface area contributed by atoms with Crippen LogP contribution in [0.15, 0.2) is 54.6 Å². The second-order valence-electron chi connectivity index (χ2n) is 3.88. The third kappa shape index (κ3) is 2.75. The number of anilines is 2. The van der Waals surface area contributed by atoms with Crippen molar-refractivity contribution >= 4 is 33.8 Å². The first-order chi connectivity index (χ1) is 9.33. The van der Waals surface area contributed by atoms with Gasteiger partial charge < -0.3 is 5.32 Å². The van der Waals surface area contributed by atoms with Gasteiger partial charge in [0.15, 0.2) is 5.01 Å². The average Bonchev–Trinajstić information content (AvgIpc) is 2.89. The molecule has 0 fully saturated rings. The van der Waals surface area contributed by atoms with Crippen molar-refractivity contribution in [2.45, 2.75) is 0 Å². The summed E-state index contributed by atoms with van der Waals surface area (Å²) in [6.45, 7) is 0. The van der Waals surface area contributed by atoms with E-state index in [-0.39, 0.29) is 0 Å². The first-order valence-electron chi connectivity index (χ1n) is 5.73. The van der Waals surface area contributed by atoms with E-state index in [0.717, 1.165) is 21.4 Å². The van der Waals surface area contributed by atoms with Crippen molar-refractivity contribution < 1.29 is 0 Å². The topological polar surface area (TPSA) is 37.8 Å². The Morgan fingerprint density at radius 2 is 1.63 bits per heavy atom. The van der Waals surface area contributed by atoms with Crippen LogP contribution in [0.25, 0.3) is 10.6 Å². The molecule has 0 radical (unpaired) electrons. The summed E-state index contributed by atoms with van der Waals surface area (Å²) in [4.78, 5) is 0. The Bertz CT molecular complexity index is 682. The molecule has 0 aliphatic rings. The van der Waals surface area contributed by atoms with Gasteiger partial charge in [0.1, 0.15) is 0 Å². The molecule has 5 heteroatoms. The first kappa shape index (κ1) is 12.1. The predicted octanol–water partition coefficient (Wildman–Crippen LogP) is 4.60. The Labute approximate surface area is 119 Å². The molecule has 2 aromatic carbocycles. The lowest BCUT2D eigenvalue weighted by Gasteiger charge is -2.00. The summed E-state index contributed by atoms with van der Waals surface area (Å²) >= 11 is 7.62. The molecule has 0 saturated carbocycles. The molecule has 3 nitrogen and oxygen atoms in total. The van der Waals surface area contributed by atoms with Gasteiger partial charge in [0, 0.05) is 11.3 Å². The average molecular weight is 288 g/mol. The zero-order chi connectivity index (χ0) is 13.1. The van der Waals surface area contributed by atoms with Gasteiger partial charge in [-0.25, -0.2) is 0 Å². The molecule has 94 valence electrons. The number of rotatable bonds is 3. The molecule has 1 heterocycles. The van der Waals surface area contributed by atoms with Crippen LogP contribution in [-0.4, -0.2) is 10.2 Å². The molecule has 0 unspecified atom stereocenters. The zero-order valence-electron chi connectivity index (χ0n) is 9.88. The lowest BCUT2D eigenvalue weighted by molar-refractivity contribution is 1.10. The highest BCUT2D eigenvalue weighted by Crippen LogP contribution is 2.32. The highest BCUT2D eigenvalue weighted by molar-refractivity contribution is 7.18. The summed E-state index contributed by atoms with van der Waals surface area (Å²) in [6, 6.07) is 17.5. The monoisotopic (exact) mass is 287 g/mol. The summed E-state index contributed by atoms with van der Waals surface area (Å²) in [5, 5.41) is 13.8. The minimum atomic E-state index is 0.685. The van der Waals surface area contributed by atoms with Crippen molar-refractivity contribution in [3.63, 3.8) is 0 Å². The number of nitrogens with zero attached hydrogens (tertiary/aromatic N) is 2. The van der Waals surface area contributed by atoms with Gasteiger partial charge in [-0.05, 0) is 18.2 Å². The van der Waals surface area contributed by atoms with Crippen molar-refractivity contribution in [3.8, 4) is 10.6 Å². The highest BCUT2D eigenvalue weighted by Gasteiger charge is 2.09. The summed E-state index contributed by atoms with van der Waals surface area (Å²) in [5.41, 5.74) is 1.90. The molecule has 0 spiro atoms. The Morgan fingerprint density at radius 1 is 0.895 bits per heavy atom. The van der Waals surface area contributed by atoms with Crippen molar-refractivity contribution in [1.29, 1.82) is 0 Å². The van der Waals surface area contributed by atoms with E-state index in [4.69, 9.17) is 11.6 Å². The standard InChI is InChI=1S/C14H10ClN3S/c15-12-9-5-4-8-11(12)13-17-18-14(19-13)16-10-6-2-1-3-7-10/h1-9H,(H,16,18). The molecule has 0 aliphatic heterocycles. The summed E-state index contributed by atoms with van der Waals surface area (Å²) in [5.74, 6) is 0. The van der Waals surface area contributed by atoms with Crippen LogP contribution in [-0.2, 0) is 0 Å². The fourth-order valence-electron chi connectivity index (χ4n) is 1.66. The van der Waals surface area contributed by atoms with E-state index in [2.05, 4.69) is 15.5 Å². The number of para-hydroxylation sites is 1. The zero-order valence-corrected chi connectivity index (χ0v) is 11.4. The number of aromatic nitrogens is 2. The van der Waals surface area contributed by atoms with Crippen LogP contribution >= 0.6 is 22.9 Å². The maximum atomic E-state index is 6.15. The molecule has 1 aromatic heterocycles. The quantitative estimate of drug-likeness (QED) is 0.765. The van der Waals surface area contributed by atoms with Crippen LogP contribution in [0.1, 0.15) is 0 Å². The number of halogens is 1. The second-order valence-corrected chi connectivity index (χ2v) is 5.27. The molecule has 1 N–H and O–H groups in total. The van der Waals surface area contributed by atoms with Gasteiger partial charge in [-0.3, -0.25) is 0 Å². The number of hydrogen-bond acceptors (Lipinski definition) is 4. The van der Waals surface area contributed by atoms with Crippen molar-refractivity contribution in [3.05, 3.63) is 59.6 Å². The Morgan fingerprint density at radius 3 is 2.42 bits per heavy atom. The number of hydrogen-bond donors (Lipinski definition) is 1. The highest BCUT2D eigenvalue weighted by atomic mass is 35.5. The Hall–Kier alpha value is -1.91. The van der Waals surface area contributed by atoms with Crippen LogP contribution in [0.5, 0.6) is 0 Å². The van der Waals surface area contributed by atoms with E-state index in [9.17, 15) is 0 Å². The maximum absolute atomic E-state index is 6.15. The molecule has 0 bridgehead atoms. The third-order valence-corrected chi connectivity index (χ3v) is 3.76. The van der Waals surface area contributed by atoms with Crippen LogP contribution in [0, 0.1) is 0 Å². The van der Waals surface area contributed by atoms with Gasteiger partial charge >= 0.3 is 0 Å². The van der Waals surface area contributed by atoms with Crippen LogP contribution in [0.2, 0.25) is 5.02 Å². The van der Waals surface area contributed by atoms with Crippen molar-refractivity contribution in [2.75, 3.05) is 5.32 Å². The van der Waals surface area contributed by atoms with E-state index in [1.165, 1.54) is 11.3 Å². The van der Waals surface area contributed by atoms with Gasteiger partial charge in [0.05, 0.1) is 5.02 Å². The van der Waals surface area contributed by atoms with E-state index in [0.29, 0.717) is 5.02 Å². The molecule has 0 saturated heterocycles. The normalized spacial score (nSPS) is 10.4. The van der Waals surface area contributed by atoms with E-state index in [1.54, 1.807) is 0 Å². The molecule has 3 aromatic rings. The summed E-state index contributed by atoms with van der Waals surface area (Å²) in [6.07, 6.45) is 0. The van der Waals surface area contributed by atoms with Gasteiger partial charge in [0.25, 0.3) is 0 Å². The number of benzene rings is 2. The first-order valence-corrected chi connectivity index (χ1v) is 6.93. The fraction of sp³-hybridized carbons (Fsp3) is 0. The lowest BCUT2D eigenvalue weighted by Crippen LogP contribution is -1.87. The predicted molar refractivity (Wildman–Crippen MR) is 80.1 cm³/mol. The van der Waals surface area contributed by atoms with Gasteiger partial charge in [-0.2, -0.15) is 0 Å². The smallest absolute Gasteiger partial charge is 0.210 e. The van der Waals surface area contributed by atoms with Gasteiger partial charge in [0.2, 0.25) is 5.13 Å².